The van der Waals surface area contributed by atoms with Gasteiger partial charge >= 0.3 is 5.97 Å². The molecule has 3 nitrogen and oxygen atoms in total. The molecule has 0 aliphatic carbocycles. The van der Waals surface area contributed by atoms with Crippen LogP contribution in [0.2, 0.25) is 0 Å². The first-order chi connectivity index (χ1) is 6.74. The molecule has 2 N–H and O–H groups in total. The fourth-order valence-electron chi connectivity index (χ4n) is 1.08. The lowest BCUT2D eigenvalue weighted by Gasteiger charge is -2.04. The van der Waals surface area contributed by atoms with Crippen molar-refractivity contribution < 1.29 is 9.90 Å². The largest absolute Gasteiger partial charge is 0.478 e. The number of carboxylic acid groups (broad SMARTS) is 1. The van der Waals surface area contributed by atoms with Gasteiger partial charge in [0.1, 0.15) is 0 Å². The Morgan fingerprint density at radius 1 is 1.57 bits per heavy atom. The zero-order valence-electron chi connectivity index (χ0n) is 7.86. The minimum absolute atomic E-state index is 0.300. The van der Waals surface area contributed by atoms with Gasteiger partial charge in [-0.3, -0.25) is 0 Å². The van der Waals surface area contributed by atoms with E-state index < -0.39 is 5.97 Å². The monoisotopic (exact) mass is 191 g/mol. The van der Waals surface area contributed by atoms with Gasteiger partial charge in [-0.2, -0.15) is 0 Å². The third-order valence-electron chi connectivity index (χ3n) is 1.79. The molecule has 14 heavy (non-hydrogen) atoms. The first kappa shape index (κ1) is 10.3. The van der Waals surface area contributed by atoms with Gasteiger partial charge in [-0.15, -0.1) is 6.58 Å². The van der Waals surface area contributed by atoms with Crippen LogP contribution < -0.4 is 5.32 Å². The molecule has 0 spiro atoms. The van der Waals surface area contributed by atoms with Crippen LogP contribution in [0.15, 0.2) is 36.9 Å². The van der Waals surface area contributed by atoms with E-state index in [-0.39, 0.29) is 0 Å². The van der Waals surface area contributed by atoms with E-state index in [9.17, 15) is 4.79 Å². The Morgan fingerprint density at radius 3 is 3.00 bits per heavy atom. The summed E-state index contributed by atoms with van der Waals surface area (Å²) in [5.74, 6) is -0.905. The lowest BCUT2D eigenvalue weighted by atomic mass is 10.2. The Balaban J connectivity index is 2.63. The van der Waals surface area contributed by atoms with E-state index in [1.54, 1.807) is 18.2 Å². The molecule has 0 aliphatic heterocycles. The van der Waals surface area contributed by atoms with Crippen LogP contribution in [0, 0.1) is 0 Å². The lowest BCUT2D eigenvalue weighted by Crippen LogP contribution is -2.02. The molecule has 0 radical (unpaired) electrons. The summed E-state index contributed by atoms with van der Waals surface area (Å²) in [5, 5.41) is 11.8. The Hall–Kier alpha value is -1.77. The fraction of sp³-hybridized carbons (Fsp3) is 0.182. The van der Waals surface area contributed by atoms with Crippen molar-refractivity contribution in [2.24, 2.45) is 0 Å². The van der Waals surface area contributed by atoms with Crippen molar-refractivity contribution in [3.8, 4) is 0 Å². The highest BCUT2D eigenvalue weighted by Crippen LogP contribution is 2.10. The Kier molecular flexibility index (Phi) is 3.73. The summed E-state index contributed by atoms with van der Waals surface area (Å²) in [6.45, 7) is 4.37. The number of hydrogen-bond acceptors (Lipinski definition) is 2. The standard InChI is InChI=1S/C11H13NO2/c1-2-3-7-12-10-6-4-5-9(8-10)11(13)14/h2,4-6,8,12H,1,3,7H2,(H,13,14). The van der Waals surface area contributed by atoms with Gasteiger partial charge in [-0.25, -0.2) is 4.79 Å². The highest BCUT2D eigenvalue weighted by molar-refractivity contribution is 5.88. The van der Waals surface area contributed by atoms with Gasteiger partial charge in [0.2, 0.25) is 0 Å². The van der Waals surface area contributed by atoms with Gasteiger partial charge in [0.25, 0.3) is 0 Å². The van der Waals surface area contributed by atoms with Crippen molar-refractivity contribution in [2.75, 3.05) is 11.9 Å². The first-order valence-corrected chi connectivity index (χ1v) is 4.42. The quantitative estimate of drug-likeness (QED) is 0.555. The molecule has 0 saturated heterocycles. The normalized spacial score (nSPS) is 9.43. The number of rotatable bonds is 5. The molecule has 74 valence electrons. The van der Waals surface area contributed by atoms with E-state index >= 15 is 0 Å². The van der Waals surface area contributed by atoms with Crippen molar-refractivity contribution in [3.63, 3.8) is 0 Å². The van der Waals surface area contributed by atoms with Crippen molar-refractivity contribution in [1.29, 1.82) is 0 Å². The SMILES string of the molecule is C=CCCNc1cccc(C(=O)O)c1. The molecule has 0 aromatic heterocycles. The number of benzene rings is 1. The second-order valence-electron chi connectivity index (χ2n) is 2.89. The summed E-state index contributed by atoms with van der Waals surface area (Å²) < 4.78 is 0. The van der Waals surface area contributed by atoms with E-state index in [1.807, 2.05) is 12.1 Å². The van der Waals surface area contributed by atoms with E-state index in [0.29, 0.717) is 5.56 Å². The number of carbonyl (C=O) groups is 1. The molecule has 0 bridgehead atoms. The van der Waals surface area contributed by atoms with Crippen LogP contribution in [-0.4, -0.2) is 17.6 Å². The van der Waals surface area contributed by atoms with Crippen LogP contribution in [-0.2, 0) is 0 Å². The molecule has 0 unspecified atom stereocenters. The molecule has 3 heteroatoms. The average molecular weight is 191 g/mol. The Bertz CT molecular complexity index is 334. The Labute approximate surface area is 83.1 Å². The predicted octanol–water partition coefficient (Wildman–Crippen LogP) is 2.37. The molecule has 0 saturated carbocycles. The molecular weight excluding hydrogens is 178 g/mol. The van der Waals surface area contributed by atoms with E-state index in [4.69, 9.17) is 5.11 Å². The number of carboxylic acids is 1. The van der Waals surface area contributed by atoms with Crippen LogP contribution in [0.3, 0.4) is 0 Å². The molecule has 0 atom stereocenters. The van der Waals surface area contributed by atoms with Gasteiger partial charge in [0.05, 0.1) is 5.56 Å². The highest BCUT2D eigenvalue weighted by atomic mass is 16.4. The maximum absolute atomic E-state index is 10.6. The van der Waals surface area contributed by atoms with Gasteiger partial charge in [-0.05, 0) is 24.6 Å². The first-order valence-electron chi connectivity index (χ1n) is 4.42. The van der Waals surface area contributed by atoms with Crippen LogP contribution in [0.4, 0.5) is 5.69 Å². The third-order valence-corrected chi connectivity index (χ3v) is 1.79. The van der Waals surface area contributed by atoms with Crippen molar-refractivity contribution in [2.45, 2.75) is 6.42 Å². The summed E-state index contributed by atoms with van der Waals surface area (Å²) in [4.78, 5) is 10.6. The molecule has 1 rings (SSSR count). The van der Waals surface area contributed by atoms with Crippen molar-refractivity contribution >= 4 is 11.7 Å². The lowest BCUT2D eigenvalue weighted by molar-refractivity contribution is 0.0697. The van der Waals surface area contributed by atoms with E-state index in [2.05, 4.69) is 11.9 Å². The molecule has 0 heterocycles. The van der Waals surface area contributed by atoms with Gasteiger partial charge in [0.15, 0.2) is 0 Å². The Morgan fingerprint density at radius 2 is 2.36 bits per heavy atom. The third kappa shape index (κ3) is 2.94. The van der Waals surface area contributed by atoms with E-state index in [1.165, 1.54) is 0 Å². The van der Waals surface area contributed by atoms with Gasteiger partial charge < -0.3 is 10.4 Å². The molecule has 1 aromatic carbocycles. The number of nitrogens with one attached hydrogen (secondary N) is 1. The summed E-state index contributed by atoms with van der Waals surface area (Å²) in [5.41, 5.74) is 1.13. The topological polar surface area (TPSA) is 49.3 Å². The number of hydrogen-bond donors (Lipinski definition) is 2. The smallest absolute Gasteiger partial charge is 0.335 e. The summed E-state index contributed by atoms with van der Waals surface area (Å²) in [6, 6.07) is 6.75. The molecule has 1 aromatic rings. The zero-order valence-corrected chi connectivity index (χ0v) is 7.86. The minimum atomic E-state index is -0.905. The van der Waals surface area contributed by atoms with Crippen LogP contribution in [0.25, 0.3) is 0 Å². The second-order valence-corrected chi connectivity index (χ2v) is 2.89. The molecule has 0 fully saturated rings. The summed E-state index contributed by atoms with van der Waals surface area (Å²) in [6.07, 6.45) is 2.67. The number of aromatic carboxylic acids is 1. The molecule has 0 aliphatic rings. The molecular formula is C11H13NO2. The van der Waals surface area contributed by atoms with Crippen LogP contribution >= 0.6 is 0 Å². The predicted molar refractivity (Wildman–Crippen MR) is 56.7 cm³/mol. The second kappa shape index (κ2) is 5.07. The maximum atomic E-state index is 10.6. The highest BCUT2D eigenvalue weighted by Gasteiger charge is 2.01. The zero-order chi connectivity index (χ0) is 10.4. The maximum Gasteiger partial charge on any atom is 0.335 e. The minimum Gasteiger partial charge on any atom is -0.478 e. The van der Waals surface area contributed by atoms with Crippen LogP contribution in [0.5, 0.6) is 0 Å². The van der Waals surface area contributed by atoms with E-state index in [0.717, 1.165) is 18.7 Å². The fourth-order valence-corrected chi connectivity index (χ4v) is 1.08. The summed E-state index contributed by atoms with van der Waals surface area (Å²) >= 11 is 0. The van der Waals surface area contributed by atoms with Gasteiger partial charge in [0, 0.05) is 12.2 Å². The van der Waals surface area contributed by atoms with Crippen molar-refractivity contribution in [1.82, 2.24) is 0 Å². The molecule has 0 amide bonds. The summed E-state index contributed by atoms with van der Waals surface area (Å²) in [7, 11) is 0. The van der Waals surface area contributed by atoms with Crippen molar-refractivity contribution in [3.05, 3.63) is 42.5 Å². The van der Waals surface area contributed by atoms with Crippen LogP contribution in [0.1, 0.15) is 16.8 Å². The number of anilines is 1. The van der Waals surface area contributed by atoms with Gasteiger partial charge in [-0.1, -0.05) is 12.1 Å². The average Bonchev–Trinajstić information content (AvgIpc) is 2.19.